The van der Waals surface area contributed by atoms with Crippen molar-refractivity contribution in [2.24, 2.45) is 11.1 Å². The summed E-state index contributed by atoms with van der Waals surface area (Å²) in [7, 11) is -4.19. The molecule has 0 amide bonds. The number of nitrogens with two attached hydrogens (primary N) is 1. The summed E-state index contributed by atoms with van der Waals surface area (Å²) in [5.74, 6) is -3.36. The number of hydrogen-bond donors (Lipinski definition) is 6. The monoisotopic (exact) mass is 719 g/mol. The van der Waals surface area contributed by atoms with Gasteiger partial charge in [-0.2, -0.15) is 4.72 Å². The maximum Gasteiger partial charge on any atom is 0.339 e. The van der Waals surface area contributed by atoms with Crippen LogP contribution in [0.4, 0.5) is 0 Å². The van der Waals surface area contributed by atoms with Crippen molar-refractivity contribution in [2.45, 2.75) is 62.0 Å². The zero-order valence-electron chi connectivity index (χ0n) is 27.9. The third-order valence-corrected chi connectivity index (χ3v) is 10.0. The summed E-state index contributed by atoms with van der Waals surface area (Å²) in [6.07, 6.45) is 6.12. The normalized spacial score (nSPS) is 19.5. The lowest BCUT2D eigenvalue weighted by atomic mass is 9.70. The molecule has 0 radical (unpaired) electrons. The molecule has 1 aliphatic heterocycles. The molecule has 0 saturated carbocycles. The Balaban J connectivity index is 0.000000411. The molecule has 7 N–H and O–H groups in total. The van der Waals surface area contributed by atoms with E-state index in [1.165, 1.54) is 30.3 Å². The lowest BCUT2D eigenvalue weighted by Gasteiger charge is -2.35. The van der Waals surface area contributed by atoms with E-state index in [0.717, 1.165) is 17.5 Å². The Morgan fingerprint density at radius 1 is 0.961 bits per heavy atom. The predicted molar refractivity (Wildman–Crippen MR) is 188 cm³/mol. The minimum absolute atomic E-state index is 0.0358. The summed E-state index contributed by atoms with van der Waals surface area (Å²) >= 11 is 0. The van der Waals surface area contributed by atoms with Gasteiger partial charge in [-0.25, -0.2) is 13.2 Å². The molecule has 1 aliphatic carbocycles. The van der Waals surface area contributed by atoms with Gasteiger partial charge in [0.1, 0.15) is 29.2 Å². The number of aryl methyl sites for hydroxylation is 1. The first-order chi connectivity index (χ1) is 24.2. The molecule has 51 heavy (non-hydrogen) atoms. The third-order valence-electron chi connectivity index (χ3n) is 8.56. The van der Waals surface area contributed by atoms with Crippen LogP contribution in [0.5, 0.6) is 5.75 Å². The summed E-state index contributed by atoms with van der Waals surface area (Å²) in [5.41, 5.74) is 5.78. The smallest absolute Gasteiger partial charge is 0.339 e. The van der Waals surface area contributed by atoms with E-state index in [0.29, 0.717) is 25.1 Å². The lowest BCUT2D eigenvalue weighted by molar-refractivity contribution is -0.141. The first kappa shape index (κ1) is 38.6. The average Bonchev–Trinajstić information content (AvgIpc) is 3.65. The van der Waals surface area contributed by atoms with Crippen molar-refractivity contribution in [3.63, 3.8) is 0 Å². The highest BCUT2D eigenvalue weighted by atomic mass is 32.2. The largest absolute Gasteiger partial charge is 0.480 e. The number of carboxylic acids is 3. The zero-order chi connectivity index (χ0) is 37.2. The highest BCUT2D eigenvalue weighted by Gasteiger charge is 2.45. The molecule has 1 saturated heterocycles. The van der Waals surface area contributed by atoms with E-state index in [2.05, 4.69) is 10.0 Å². The maximum absolute atomic E-state index is 13.7. The number of carboxylic acid groups (broad SMARTS) is 3. The second kappa shape index (κ2) is 17.2. The van der Waals surface area contributed by atoms with Crippen LogP contribution in [0.15, 0.2) is 108 Å². The van der Waals surface area contributed by atoms with Crippen LogP contribution in [0.1, 0.15) is 47.2 Å². The fraction of sp³-hybridized carbons (Fsp3) is 0.297. The van der Waals surface area contributed by atoms with Crippen LogP contribution in [-0.4, -0.2) is 72.1 Å². The highest BCUT2D eigenvalue weighted by Crippen LogP contribution is 2.39. The summed E-state index contributed by atoms with van der Waals surface area (Å²) in [4.78, 5) is 47.8. The molecule has 3 aromatic rings. The number of sulfonamides is 1. The second-order valence-corrected chi connectivity index (χ2v) is 14.1. The van der Waals surface area contributed by atoms with Gasteiger partial charge in [-0.3, -0.25) is 14.4 Å². The molecule has 3 aromatic carbocycles. The maximum atomic E-state index is 13.7. The molecule has 5 rings (SSSR count). The molecule has 1 heterocycles. The summed E-state index contributed by atoms with van der Waals surface area (Å²) in [6.45, 7) is 2.45. The van der Waals surface area contributed by atoms with E-state index in [1.54, 1.807) is 43.3 Å². The number of ether oxygens (including phenoxy) is 1. The molecule has 1 fully saturated rings. The van der Waals surface area contributed by atoms with Gasteiger partial charge < -0.3 is 31.1 Å². The van der Waals surface area contributed by atoms with Gasteiger partial charge in [0.2, 0.25) is 10.0 Å². The molecule has 13 nitrogen and oxygen atoms in total. The number of nitrogens with one attached hydrogen (secondary N) is 2. The van der Waals surface area contributed by atoms with Crippen molar-refractivity contribution in [1.82, 2.24) is 10.0 Å². The first-order valence-electron chi connectivity index (χ1n) is 16.2. The van der Waals surface area contributed by atoms with Crippen LogP contribution in [0.3, 0.4) is 0 Å². The standard InChI is InChI=1S/C28H30N2O8S.C9H11NO2/c1-18-8-10-20(11-9-18)39(36,37)30-23(27(34)35)17-28(25(31)22-6-4-16-29-22)14-12-19(13-15-28)38-24-7-3-2-5-21(24)26(32)33;10-8(9(11)12)6-7-4-2-1-3-5-7/h2-3,5,7-14,22-23,29-30H,4,6,15-17H2,1H3,(H,32,33)(H,34,35);1-5,8H,6,10H2,(H,11,12)/t22-,23-,28?;8-/m00/s1. The Labute approximate surface area is 295 Å². The predicted octanol–water partition coefficient (Wildman–Crippen LogP) is 3.69. The van der Waals surface area contributed by atoms with E-state index in [9.17, 15) is 37.8 Å². The van der Waals surface area contributed by atoms with Crippen molar-refractivity contribution in [3.05, 3.63) is 120 Å². The summed E-state index contributed by atoms with van der Waals surface area (Å²) < 4.78 is 34.1. The van der Waals surface area contributed by atoms with Crippen molar-refractivity contribution < 1.29 is 47.7 Å². The van der Waals surface area contributed by atoms with Crippen molar-refractivity contribution in [2.75, 3.05) is 6.54 Å². The van der Waals surface area contributed by atoms with Gasteiger partial charge >= 0.3 is 17.9 Å². The molecule has 0 aromatic heterocycles. The van der Waals surface area contributed by atoms with Gasteiger partial charge in [0.25, 0.3) is 0 Å². The molecule has 1 unspecified atom stereocenters. The third kappa shape index (κ3) is 10.4. The Bertz CT molecular complexity index is 1890. The minimum Gasteiger partial charge on any atom is -0.480 e. The molecule has 2 aliphatic rings. The van der Waals surface area contributed by atoms with Crippen LogP contribution in [0.2, 0.25) is 0 Å². The SMILES string of the molecule is Cc1ccc(S(=O)(=O)N[C@@H](CC2(C(=O)[C@@H]3CCCN3)C=CC(Oc3ccccc3C(=O)O)=CC2)C(=O)O)cc1.N[C@@H](Cc1ccccc1)C(=O)O. The van der Waals surface area contributed by atoms with Gasteiger partial charge in [0, 0.05) is 0 Å². The van der Waals surface area contributed by atoms with Crippen LogP contribution < -0.4 is 20.5 Å². The lowest BCUT2D eigenvalue weighted by Crippen LogP contribution is -2.49. The Morgan fingerprint density at radius 3 is 2.20 bits per heavy atom. The van der Waals surface area contributed by atoms with E-state index in [-0.39, 0.29) is 34.8 Å². The van der Waals surface area contributed by atoms with Crippen LogP contribution in [-0.2, 0) is 30.8 Å². The number of aromatic carboxylic acids is 1. The van der Waals surface area contributed by atoms with E-state index >= 15 is 0 Å². The van der Waals surface area contributed by atoms with Gasteiger partial charge in [-0.05, 0) is 87.6 Å². The number of carbonyl (C=O) groups excluding carboxylic acids is 1. The minimum atomic E-state index is -4.19. The van der Waals surface area contributed by atoms with Crippen molar-refractivity contribution >= 4 is 33.7 Å². The first-order valence-corrected chi connectivity index (χ1v) is 17.7. The zero-order valence-corrected chi connectivity index (χ0v) is 28.7. The van der Waals surface area contributed by atoms with Crippen molar-refractivity contribution in [1.29, 1.82) is 0 Å². The number of carbonyl (C=O) groups is 4. The molecule has 4 atom stereocenters. The number of allylic oxidation sites excluding steroid dienone is 3. The van der Waals surface area contributed by atoms with E-state index in [1.807, 2.05) is 30.3 Å². The fourth-order valence-electron chi connectivity index (χ4n) is 5.76. The Kier molecular flexibility index (Phi) is 13.0. The Morgan fingerprint density at radius 2 is 1.63 bits per heavy atom. The molecule has 0 bridgehead atoms. The average molecular weight is 720 g/mol. The van der Waals surface area contributed by atoms with Crippen LogP contribution in [0.25, 0.3) is 0 Å². The molecular weight excluding hydrogens is 678 g/mol. The number of ketones is 1. The van der Waals surface area contributed by atoms with Gasteiger partial charge in [0.05, 0.1) is 16.4 Å². The number of aliphatic carboxylic acids is 2. The molecular formula is C37H41N3O10S. The quantitative estimate of drug-likeness (QED) is 0.140. The highest BCUT2D eigenvalue weighted by molar-refractivity contribution is 7.89. The number of hydrogen-bond acceptors (Lipinski definition) is 9. The van der Waals surface area contributed by atoms with Crippen molar-refractivity contribution in [3.8, 4) is 5.75 Å². The summed E-state index contributed by atoms with van der Waals surface area (Å²) in [6, 6.07) is 18.6. The van der Waals surface area contributed by atoms with E-state index < -0.39 is 51.5 Å². The number of benzene rings is 3. The van der Waals surface area contributed by atoms with Gasteiger partial charge in [-0.1, -0.05) is 66.2 Å². The van der Waals surface area contributed by atoms with Gasteiger partial charge in [0.15, 0.2) is 5.78 Å². The van der Waals surface area contributed by atoms with Crippen LogP contribution in [0, 0.1) is 12.3 Å². The molecule has 0 spiro atoms. The molecule has 270 valence electrons. The number of para-hydroxylation sites is 1. The topological polar surface area (TPSA) is 222 Å². The Hall–Kier alpha value is -5.15. The molecule has 14 heteroatoms. The fourth-order valence-corrected chi connectivity index (χ4v) is 6.95. The van der Waals surface area contributed by atoms with Gasteiger partial charge in [-0.15, -0.1) is 0 Å². The summed E-state index contributed by atoms with van der Waals surface area (Å²) in [5, 5.41) is 31.1. The van der Waals surface area contributed by atoms with E-state index in [4.69, 9.17) is 15.6 Å². The van der Waals surface area contributed by atoms with Crippen LogP contribution >= 0.6 is 0 Å². The second-order valence-electron chi connectivity index (χ2n) is 12.4. The number of Topliss-reactive ketones (excluding diaryl/α,β-unsaturated/α-hetero) is 1. The number of rotatable bonds is 14.